The molecule has 1 nitrogen and oxygen atoms in total. The number of rotatable bonds is 15. The first-order chi connectivity index (χ1) is 10.8. The fourth-order valence-corrected chi connectivity index (χ4v) is 4.20. The van der Waals surface area contributed by atoms with Gasteiger partial charge in [0.05, 0.1) is 26.2 Å². The van der Waals surface area contributed by atoms with E-state index in [1.54, 1.807) is 0 Å². The average molecular weight is 311 g/mol. The Bertz CT molecular complexity index is 230. The molecular weight excluding hydrogens is 266 g/mol. The van der Waals surface area contributed by atoms with Gasteiger partial charge in [0.1, 0.15) is 0 Å². The zero-order chi connectivity index (χ0) is 15.9. The molecule has 1 heteroatoms. The Morgan fingerprint density at radius 2 is 0.864 bits per heavy atom. The van der Waals surface area contributed by atoms with Crippen LogP contribution in [0.2, 0.25) is 0 Å². The normalized spacial score (nSPS) is 17.2. The van der Waals surface area contributed by atoms with E-state index in [0.717, 1.165) is 0 Å². The van der Waals surface area contributed by atoms with Crippen molar-refractivity contribution in [3.63, 3.8) is 0 Å². The second-order valence-electron chi connectivity index (χ2n) is 7.83. The van der Waals surface area contributed by atoms with Crippen molar-refractivity contribution < 1.29 is 4.48 Å². The third-order valence-corrected chi connectivity index (χ3v) is 5.74. The van der Waals surface area contributed by atoms with Crippen LogP contribution in [0.5, 0.6) is 0 Å². The van der Waals surface area contributed by atoms with Gasteiger partial charge in [0.2, 0.25) is 0 Å². The van der Waals surface area contributed by atoms with Gasteiger partial charge in [-0.05, 0) is 25.7 Å². The first-order valence-corrected chi connectivity index (χ1v) is 10.7. The molecule has 0 amide bonds. The minimum atomic E-state index is 1.37. The highest BCUT2D eigenvalue weighted by Gasteiger charge is 2.30. The van der Waals surface area contributed by atoms with E-state index in [4.69, 9.17) is 0 Å². The summed E-state index contributed by atoms with van der Waals surface area (Å²) in [5.74, 6) is 0. The molecule has 0 spiro atoms. The summed E-state index contributed by atoms with van der Waals surface area (Å²) in [6, 6.07) is 0. The maximum Gasteiger partial charge on any atom is 0.0788 e. The Morgan fingerprint density at radius 3 is 1.36 bits per heavy atom. The number of quaternary nitrogens is 1. The fraction of sp³-hybridized carbons (Fsp3) is 1.00. The first kappa shape index (κ1) is 20.0. The second-order valence-corrected chi connectivity index (χ2v) is 7.83. The smallest absolute Gasteiger partial charge is 0.0788 e. The van der Waals surface area contributed by atoms with Crippen molar-refractivity contribution >= 4 is 0 Å². The number of hydrogen-bond donors (Lipinski definition) is 0. The summed E-state index contributed by atoms with van der Waals surface area (Å²) in [5.41, 5.74) is 0. The molecule has 0 N–H and O–H groups in total. The number of hydrogen-bond acceptors (Lipinski definition) is 0. The molecule has 0 bridgehead atoms. The van der Waals surface area contributed by atoms with Crippen LogP contribution in [0.3, 0.4) is 0 Å². The number of unbranched alkanes of at least 4 members (excludes halogenated alkanes) is 11. The Balaban J connectivity index is 1.97. The predicted octanol–water partition coefficient (Wildman–Crippen LogP) is 6.71. The zero-order valence-corrected chi connectivity index (χ0v) is 15.9. The molecule has 1 fully saturated rings. The largest absolute Gasteiger partial charge is 0.324 e. The Kier molecular flexibility index (Phi) is 12.2. The van der Waals surface area contributed by atoms with Crippen LogP contribution in [-0.2, 0) is 0 Å². The zero-order valence-electron chi connectivity index (χ0n) is 15.9. The van der Waals surface area contributed by atoms with E-state index >= 15 is 0 Å². The lowest BCUT2D eigenvalue weighted by Crippen LogP contribution is -2.46. The molecule has 0 saturated carbocycles. The summed E-state index contributed by atoms with van der Waals surface area (Å²) in [4.78, 5) is 0. The van der Waals surface area contributed by atoms with Crippen LogP contribution < -0.4 is 0 Å². The number of nitrogens with zero attached hydrogens (tertiary/aromatic N) is 1. The van der Waals surface area contributed by atoms with Crippen LogP contribution in [0.1, 0.15) is 110 Å². The van der Waals surface area contributed by atoms with Gasteiger partial charge in [-0.1, -0.05) is 71.6 Å². The van der Waals surface area contributed by atoms with Crippen LogP contribution >= 0.6 is 0 Å². The van der Waals surface area contributed by atoms with Gasteiger partial charge in [0.15, 0.2) is 0 Å². The molecule has 0 aromatic heterocycles. The molecule has 1 aliphatic rings. The van der Waals surface area contributed by atoms with Crippen molar-refractivity contribution in [2.24, 2.45) is 0 Å². The van der Waals surface area contributed by atoms with Gasteiger partial charge in [-0.3, -0.25) is 0 Å². The monoisotopic (exact) mass is 310 g/mol. The predicted molar refractivity (Wildman–Crippen MR) is 100 cm³/mol. The molecule has 0 radical (unpaired) electrons. The lowest BCUT2D eigenvalue weighted by molar-refractivity contribution is -0.917. The molecule has 0 aliphatic carbocycles. The highest BCUT2D eigenvalue weighted by molar-refractivity contribution is 4.57. The van der Waals surface area contributed by atoms with Gasteiger partial charge in [-0.25, -0.2) is 0 Å². The Morgan fingerprint density at radius 1 is 0.500 bits per heavy atom. The van der Waals surface area contributed by atoms with E-state index in [-0.39, 0.29) is 0 Å². The van der Waals surface area contributed by atoms with Crippen LogP contribution in [0, 0.1) is 0 Å². The number of likely N-dealkylation sites (tertiary alicyclic amines) is 1. The minimum absolute atomic E-state index is 1.37. The van der Waals surface area contributed by atoms with Crippen molar-refractivity contribution in [1.82, 2.24) is 0 Å². The molecule has 1 rings (SSSR count). The average Bonchev–Trinajstić information content (AvgIpc) is 2.98. The minimum Gasteiger partial charge on any atom is -0.324 e. The van der Waals surface area contributed by atoms with E-state index in [9.17, 15) is 0 Å². The summed E-state index contributed by atoms with van der Waals surface area (Å²) in [6.45, 7) is 10.6. The second kappa shape index (κ2) is 13.4. The summed E-state index contributed by atoms with van der Waals surface area (Å²) >= 11 is 0. The van der Waals surface area contributed by atoms with Gasteiger partial charge in [-0.15, -0.1) is 0 Å². The van der Waals surface area contributed by atoms with Gasteiger partial charge < -0.3 is 4.48 Å². The van der Waals surface area contributed by atoms with Crippen molar-refractivity contribution in [3.8, 4) is 0 Å². The summed E-state index contributed by atoms with van der Waals surface area (Å²) < 4.78 is 1.48. The van der Waals surface area contributed by atoms with Crippen LogP contribution in [-0.4, -0.2) is 30.7 Å². The van der Waals surface area contributed by atoms with E-state index in [1.807, 2.05) is 0 Å². The molecule has 0 unspecified atom stereocenters. The molecule has 1 saturated heterocycles. The van der Waals surface area contributed by atoms with E-state index in [1.165, 1.54) is 127 Å². The molecule has 1 aliphatic heterocycles. The van der Waals surface area contributed by atoms with Crippen molar-refractivity contribution in [3.05, 3.63) is 0 Å². The third kappa shape index (κ3) is 9.18. The van der Waals surface area contributed by atoms with Gasteiger partial charge in [0, 0.05) is 12.8 Å². The van der Waals surface area contributed by atoms with Crippen LogP contribution in [0.15, 0.2) is 0 Å². The van der Waals surface area contributed by atoms with E-state index < -0.39 is 0 Å². The Hall–Kier alpha value is -0.0400. The SMILES string of the molecule is CCCCCCCCCCCC[N+]1(CCCCC)CCCC1. The van der Waals surface area contributed by atoms with E-state index in [0.29, 0.717) is 0 Å². The molecule has 0 atom stereocenters. The summed E-state index contributed by atoms with van der Waals surface area (Å²) in [7, 11) is 0. The van der Waals surface area contributed by atoms with E-state index in [2.05, 4.69) is 13.8 Å². The van der Waals surface area contributed by atoms with Crippen molar-refractivity contribution in [2.75, 3.05) is 26.2 Å². The third-order valence-electron chi connectivity index (χ3n) is 5.74. The summed E-state index contributed by atoms with van der Waals surface area (Å²) in [6.07, 6.45) is 21.9. The first-order valence-electron chi connectivity index (χ1n) is 10.7. The molecule has 0 aromatic rings. The standard InChI is InChI=1S/C21H44N/c1-3-5-7-8-9-10-11-12-13-15-19-22(18-14-6-4-2)20-16-17-21-22/h3-21H2,1-2H3/q+1. The Labute approximate surface area is 141 Å². The molecule has 22 heavy (non-hydrogen) atoms. The highest BCUT2D eigenvalue weighted by atomic mass is 15.4. The van der Waals surface area contributed by atoms with Crippen molar-refractivity contribution in [1.29, 1.82) is 0 Å². The fourth-order valence-electron chi connectivity index (χ4n) is 4.20. The molecule has 132 valence electrons. The maximum atomic E-state index is 2.33. The van der Waals surface area contributed by atoms with Gasteiger partial charge >= 0.3 is 0 Å². The topological polar surface area (TPSA) is 0 Å². The van der Waals surface area contributed by atoms with Crippen molar-refractivity contribution in [2.45, 2.75) is 110 Å². The maximum absolute atomic E-state index is 2.33. The lowest BCUT2D eigenvalue weighted by atomic mass is 10.1. The van der Waals surface area contributed by atoms with Gasteiger partial charge in [0.25, 0.3) is 0 Å². The van der Waals surface area contributed by atoms with Crippen LogP contribution in [0.25, 0.3) is 0 Å². The molecule has 1 heterocycles. The lowest BCUT2D eigenvalue weighted by Gasteiger charge is -2.34. The summed E-state index contributed by atoms with van der Waals surface area (Å²) in [5, 5.41) is 0. The van der Waals surface area contributed by atoms with Crippen LogP contribution in [0.4, 0.5) is 0 Å². The molecular formula is C21H44N+. The van der Waals surface area contributed by atoms with Gasteiger partial charge in [-0.2, -0.15) is 0 Å². The highest BCUT2D eigenvalue weighted by Crippen LogP contribution is 2.22. The molecule has 0 aromatic carbocycles. The quantitative estimate of drug-likeness (QED) is 0.233.